The minimum atomic E-state index is -0.223. The highest BCUT2D eigenvalue weighted by Gasteiger charge is 2.07. The van der Waals surface area contributed by atoms with Crippen molar-refractivity contribution < 1.29 is 4.79 Å². The van der Waals surface area contributed by atoms with Crippen LogP contribution in [0.5, 0.6) is 0 Å². The molecule has 25 heavy (non-hydrogen) atoms. The third kappa shape index (κ3) is 5.12. The maximum absolute atomic E-state index is 12.1. The lowest BCUT2D eigenvalue weighted by Crippen LogP contribution is -2.26. The minimum Gasteiger partial charge on any atom is -0.350 e. The van der Waals surface area contributed by atoms with Gasteiger partial charge in [-0.05, 0) is 36.2 Å². The van der Waals surface area contributed by atoms with E-state index in [0.717, 1.165) is 16.6 Å². The van der Waals surface area contributed by atoms with Crippen LogP contribution in [0.4, 0.5) is 11.5 Å². The predicted octanol–water partition coefficient (Wildman–Crippen LogP) is 3.96. The largest absolute Gasteiger partial charge is 0.350 e. The molecule has 6 heteroatoms. The van der Waals surface area contributed by atoms with Gasteiger partial charge in [-0.15, -0.1) is 0 Å². The van der Waals surface area contributed by atoms with Crippen molar-refractivity contribution in [2.45, 2.75) is 6.42 Å². The van der Waals surface area contributed by atoms with Crippen LogP contribution in [-0.4, -0.2) is 22.4 Å². The van der Waals surface area contributed by atoms with Gasteiger partial charge in [-0.25, -0.2) is 9.97 Å². The van der Waals surface area contributed by atoms with Gasteiger partial charge in [-0.3, -0.25) is 4.79 Å². The van der Waals surface area contributed by atoms with E-state index in [1.54, 1.807) is 6.20 Å². The lowest BCUT2D eigenvalue weighted by atomic mass is 10.1. The third-order valence-electron chi connectivity index (χ3n) is 3.54. The summed E-state index contributed by atoms with van der Waals surface area (Å²) in [6.07, 6.45) is 3.80. The number of carbonyl (C=O) groups is 1. The van der Waals surface area contributed by atoms with Gasteiger partial charge in [0.15, 0.2) is 0 Å². The molecule has 3 aromatic rings. The molecule has 0 saturated carbocycles. The number of hydrogen-bond acceptors (Lipinski definition) is 4. The Hall–Kier alpha value is -2.73. The molecular weight excluding hydrogens is 380 g/mol. The molecule has 2 aromatic carbocycles. The number of aromatic nitrogens is 2. The van der Waals surface area contributed by atoms with Gasteiger partial charge in [0.1, 0.15) is 11.5 Å². The summed E-state index contributed by atoms with van der Waals surface area (Å²) in [5, 5.41) is 5.99. The van der Waals surface area contributed by atoms with Gasteiger partial charge < -0.3 is 10.6 Å². The molecule has 0 aliphatic rings. The number of anilines is 2. The van der Waals surface area contributed by atoms with Crippen LogP contribution in [0.15, 0.2) is 71.5 Å². The van der Waals surface area contributed by atoms with Crippen LogP contribution >= 0.6 is 15.9 Å². The van der Waals surface area contributed by atoms with Gasteiger partial charge in [-0.1, -0.05) is 46.3 Å². The summed E-state index contributed by atoms with van der Waals surface area (Å²) in [5.74, 6) is 0.363. The average Bonchev–Trinajstić information content (AvgIpc) is 2.65. The maximum Gasteiger partial charge on any atom is 0.271 e. The number of nitrogens with zero attached hydrogens (tertiary/aromatic N) is 2. The molecule has 0 radical (unpaired) electrons. The van der Waals surface area contributed by atoms with E-state index < -0.39 is 0 Å². The van der Waals surface area contributed by atoms with Gasteiger partial charge in [0.25, 0.3) is 5.91 Å². The summed E-state index contributed by atoms with van der Waals surface area (Å²) in [6, 6.07) is 17.7. The number of amides is 1. The van der Waals surface area contributed by atoms with Gasteiger partial charge >= 0.3 is 0 Å². The van der Waals surface area contributed by atoms with Crippen molar-refractivity contribution in [2.75, 3.05) is 11.9 Å². The smallest absolute Gasteiger partial charge is 0.271 e. The van der Waals surface area contributed by atoms with Gasteiger partial charge in [0, 0.05) is 16.7 Å². The Labute approximate surface area is 154 Å². The number of rotatable bonds is 6. The minimum absolute atomic E-state index is 0.223. The van der Waals surface area contributed by atoms with Gasteiger partial charge in [0.2, 0.25) is 0 Å². The molecule has 0 fully saturated rings. The Balaban J connectivity index is 1.52. The fourth-order valence-corrected chi connectivity index (χ4v) is 2.51. The predicted molar refractivity (Wildman–Crippen MR) is 102 cm³/mol. The van der Waals surface area contributed by atoms with Crippen molar-refractivity contribution >= 4 is 33.3 Å². The zero-order valence-corrected chi connectivity index (χ0v) is 15.0. The molecule has 0 aliphatic carbocycles. The molecule has 0 bridgehead atoms. The first-order valence-corrected chi connectivity index (χ1v) is 8.67. The monoisotopic (exact) mass is 396 g/mol. The van der Waals surface area contributed by atoms with E-state index in [4.69, 9.17) is 0 Å². The summed E-state index contributed by atoms with van der Waals surface area (Å²) >= 11 is 3.39. The van der Waals surface area contributed by atoms with E-state index in [-0.39, 0.29) is 5.91 Å². The first kappa shape index (κ1) is 17.1. The third-order valence-corrected chi connectivity index (χ3v) is 4.07. The van der Waals surface area contributed by atoms with E-state index in [1.165, 1.54) is 11.8 Å². The highest BCUT2D eigenvalue weighted by molar-refractivity contribution is 9.10. The Morgan fingerprint density at radius 3 is 2.40 bits per heavy atom. The van der Waals surface area contributed by atoms with Crippen molar-refractivity contribution in [3.8, 4) is 0 Å². The zero-order valence-electron chi connectivity index (χ0n) is 13.4. The summed E-state index contributed by atoms with van der Waals surface area (Å²) in [5.41, 5.74) is 2.38. The lowest BCUT2D eigenvalue weighted by Gasteiger charge is -2.07. The van der Waals surface area contributed by atoms with Crippen LogP contribution in [0.1, 0.15) is 16.1 Å². The van der Waals surface area contributed by atoms with Gasteiger partial charge in [0.05, 0.1) is 12.4 Å². The standard InChI is InChI=1S/C19H17BrN4O/c20-15-6-8-16(9-7-15)24-18-13-22-17(12-23-18)19(25)21-11-10-14-4-2-1-3-5-14/h1-9,12-13H,10-11H2,(H,21,25)(H,23,24). The molecule has 0 atom stereocenters. The van der Waals surface area contributed by atoms with Crippen LogP contribution < -0.4 is 10.6 Å². The van der Waals surface area contributed by atoms with Crippen LogP contribution in [0.2, 0.25) is 0 Å². The average molecular weight is 397 g/mol. The molecular formula is C19H17BrN4O. The summed E-state index contributed by atoms with van der Waals surface area (Å²) in [6.45, 7) is 0.559. The molecule has 0 unspecified atom stereocenters. The van der Waals surface area contributed by atoms with Crippen molar-refractivity contribution in [1.82, 2.24) is 15.3 Å². The van der Waals surface area contributed by atoms with E-state index in [1.807, 2.05) is 54.6 Å². The van der Waals surface area contributed by atoms with Crippen LogP contribution in [0.25, 0.3) is 0 Å². The normalized spacial score (nSPS) is 10.3. The Morgan fingerprint density at radius 1 is 0.960 bits per heavy atom. The molecule has 0 spiro atoms. The van der Waals surface area contributed by atoms with E-state index in [2.05, 4.69) is 36.5 Å². The number of hydrogen-bond donors (Lipinski definition) is 2. The van der Waals surface area contributed by atoms with Crippen molar-refractivity contribution in [3.05, 3.63) is 82.7 Å². The molecule has 5 nitrogen and oxygen atoms in total. The second-order valence-electron chi connectivity index (χ2n) is 5.41. The molecule has 1 heterocycles. The summed E-state index contributed by atoms with van der Waals surface area (Å²) < 4.78 is 1.01. The van der Waals surface area contributed by atoms with E-state index in [9.17, 15) is 4.79 Å². The second-order valence-corrected chi connectivity index (χ2v) is 6.33. The molecule has 1 aromatic heterocycles. The van der Waals surface area contributed by atoms with E-state index in [0.29, 0.717) is 18.1 Å². The molecule has 0 aliphatic heterocycles. The fraction of sp³-hybridized carbons (Fsp3) is 0.105. The van der Waals surface area contributed by atoms with Gasteiger partial charge in [-0.2, -0.15) is 0 Å². The van der Waals surface area contributed by atoms with Crippen LogP contribution in [-0.2, 0) is 6.42 Å². The fourth-order valence-electron chi connectivity index (χ4n) is 2.25. The molecule has 1 amide bonds. The highest BCUT2D eigenvalue weighted by Crippen LogP contribution is 2.17. The zero-order chi connectivity index (χ0) is 17.5. The van der Waals surface area contributed by atoms with E-state index >= 15 is 0 Å². The quantitative estimate of drug-likeness (QED) is 0.661. The first-order valence-electron chi connectivity index (χ1n) is 7.87. The first-order chi connectivity index (χ1) is 12.2. The SMILES string of the molecule is O=C(NCCc1ccccc1)c1cnc(Nc2ccc(Br)cc2)cn1. The molecule has 126 valence electrons. The lowest BCUT2D eigenvalue weighted by molar-refractivity contribution is 0.0949. The highest BCUT2D eigenvalue weighted by atomic mass is 79.9. The molecule has 3 rings (SSSR count). The van der Waals surface area contributed by atoms with Crippen LogP contribution in [0.3, 0.4) is 0 Å². The Kier molecular flexibility index (Phi) is 5.74. The summed E-state index contributed by atoms with van der Waals surface area (Å²) in [4.78, 5) is 20.5. The number of benzene rings is 2. The topological polar surface area (TPSA) is 66.9 Å². The van der Waals surface area contributed by atoms with Crippen molar-refractivity contribution in [3.63, 3.8) is 0 Å². The Bertz CT molecular complexity index is 820. The number of carbonyl (C=O) groups excluding carboxylic acids is 1. The number of nitrogens with one attached hydrogen (secondary N) is 2. The second kappa shape index (κ2) is 8.39. The molecule has 0 saturated heterocycles. The van der Waals surface area contributed by atoms with Crippen molar-refractivity contribution in [2.24, 2.45) is 0 Å². The van der Waals surface area contributed by atoms with Crippen LogP contribution in [0, 0.1) is 0 Å². The summed E-state index contributed by atoms with van der Waals surface area (Å²) in [7, 11) is 0. The maximum atomic E-state index is 12.1. The number of halogens is 1. The molecule has 2 N–H and O–H groups in total. The van der Waals surface area contributed by atoms with Crippen molar-refractivity contribution in [1.29, 1.82) is 0 Å². The Morgan fingerprint density at radius 2 is 1.72 bits per heavy atom.